The standard InChI is InChI=1S/C27H21N3O7/c1-2-35-23-13-17(12-18(14-28)25(32)29-15-19-6-5-11-36-19)9-10-22(23)37-24(31)16-30-26(33)20-7-3-4-8-21(20)27(30)34/h3-13H,2,15-16H2,1H3,(H,29,32)/b18-12+. The summed E-state index contributed by atoms with van der Waals surface area (Å²) in [5, 5.41) is 12.0. The first-order valence-electron chi connectivity index (χ1n) is 11.3. The zero-order valence-corrected chi connectivity index (χ0v) is 19.7. The molecule has 2 heterocycles. The number of imide groups is 1. The van der Waals surface area contributed by atoms with E-state index >= 15 is 0 Å². The van der Waals surface area contributed by atoms with Crippen LogP contribution in [0, 0.1) is 11.3 Å². The van der Waals surface area contributed by atoms with Crippen molar-refractivity contribution in [3.8, 4) is 17.6 Å². The summed E-state index contributed by atoms with van der Waals surface area (Å²) in [6.07, 6.45) is 2.84. The second-order valence-electron chi connectivity index (χ2n) is 7.79. The number of carbonyl (C=O) groups excluding carboxylic acids is 4. The van der Waals surface area contributed by atoms with Crippen LogP contribution in [0.4, 0.5) is 0 Å². The maximum Gasteiger partial charge on any atom is 0.331 e. The predicted octanol–water partition coefficient (Wildman–Crippen LogP) is 3.10. The Bertz CT molecular complexity index is 1400. The molecule has 4 rings (SSSR count). The van der Waals surface area contributed by atoms with E-state index in [1.807, 2.05) is 6.07 Å². The van der Waals surface area contributed by atoms with Gasteiger partial charge in [0.25, 0.3) is 17.7 Å². The molecule has 1 aromatic heterocycles. The third-order valence-electron chi connectivity index (χ3n) is 5.34. The smallest absolute Gasteiger partial charge is 0.331 e. The van der Waals surface area contributed by atoms with Crippen molar-refractivity contribution in [1.82, 2.24) is 10.2 Å². The van der Waals surface area contributed by atoms with Crippen molar-refractivity contribution in [3.63, 3.8) is 0 Å². The summed E-state index contributed by atoms with van der Waals surface area (Å²) in [5.74, 6) is -1.80. The first-order chi connectivity index (χ1) is 17.9. The second-order valence-corrected chi connectivity index (χ2v) is 7.79. The van der Waals surface area contributed by atoms with Crippen LogP contribution < -0.4 is 14.8 Å². The van der Waals surface area contributed by atoms with Gasteiger partial charge in [0.1, 0.15) is 23.9 Å². The number of amides is 3. The molecule has 0 saturated heterocycles. The van der Waals surface area contributed by atoms with E-state index in [1.54, 1.807) is 31.2 Å². The summed E-state index contributed by atoms with van der Waals surface area (Å²) >= 11 is 0. The van der Waals surface area contributed by atoms with Gasteiger partial charge in [-0.05, 0) is 55.0 Å². The normalized spacial score (nSPS) is 12.6. The number of nitrogens with zero attached hydrogens (tertiary/aromatic N) is 2. The summed E-state index contributed by atoms with van der Waals surface area (Å²) < 4.78 is 16.1. The summed E-state index contributed by atoms with van der Waals surface area (Å²) in [6.45, 7) is 1.52. The van der Waals surface area contributed by atoms with Crippen molar-refractivity contribution in [2.24, 2.45) is 0 Å². The lowest BCUT2D eigenvalue weighted by molar-refractivity contribution is -0.134. The van der Waals surface area contributed by atoms with E-state index in [1.165, 1.54) is 42.7 Å². The van der Waals surface area contributed by atoms with Crippen LogP contribution in [0.5, 0.6) is 11.5 Å². The monoisotopic (exact) mass is 499 g/mol. The number of esters is 1. The minimum absolute atomic E-state index is 0.0568. The molecule has 0 saturated carbocycles. The van der Waals surface area contributed by atoms with Gasteiger partial charge in [0, 0.05) is 0 Å². The number of nitrogens with one attached hydrogen (secondary N) is 1. The van der Waals surface area contributed by atoms with Gasteiger partial charge in [-0.1, -0.05) is 18.2 Å². The second kappa shape index (κ2) is 11.0. The Balaban J connectivity index is 1.46. The van der Waals surface area contributed by atoms with E-state index in [0.717, 1.165) is 4.90 Å². The molecule has 1 N–H and O–H groups in total. The van der Waals surface area contributed by atoms with Crippen LogP contribution in [0.15, 0.2) is 70.9 Å². The van der Waals surface area contributed by atoms with Crippen molar-refractivity contribution in [2.75, 3.05) is 13.2 Å². The van der Waals surface area contributed by atoms with Gasteiger partial charge in [0.15, 0.2) is 11.5 Å². The number of hydrogen-bond donors (Lipinski definition) is 1. The quantitative estimate of drug-likeness (QED) is 0.156. The molecular weight excluding hydrogens is 478 g/mol. The highest BCUT2D eigenvalue weighted by Gasteiger charge is 2.36. The van der Waals surface area contributed by atoms with Crippen molar-refractivity contribution in [1.29, 1.82) is 5.26 Å². The lowest BCUT2D eigenvalue weighted by Gasteiger charge is -2.15. The fraction of sp³-hybridized carbons (Fsp3) is 0.148. The molecule has 0 atom stereocenters. The zero-order valence-electron chi connectivity index (χ0n) is 19.7. The highest BCUT2D eigenvalue weighted by atomic mass is 16.6. The van der Waals surface area contributed by atoms with Crippen LogP contribution in [-0.4, -0.2) is 41.7 Å². The van der Waals surface area contributed by atoms with E-state index in [9.17, 15) is 24.4 Å². The molecule has 1 aliphatic rings. The van der Waals surface area contributed by atoms with Gasteiger partial charge in [0.2, 0.25) is 0 Å². The zero-order chi connectivity index (χ0) is 26.4. The number of rotatable bonds is 9. The Morgan fingerprint density at radius 2 is 1.78 bits per heavy atom. The summed E-state index contributed by atoms with van der Waals surface area (Å²) in [4.78, 5) is 50.8. The summed E-state index contributed by atoms with van der Waals surface area (Å²) in [6, 6.07) is 16.0. The first kappa shape index (κ1) is 24.9. The predicted molar refractivity (Wildman–Crippen MR) is 129 cm³/mol. The maximum absolute atomic E-state index is 12.6. The Morgan fingerprint density at radius 3 is 2.41 bits per heavy atom. The fourth-order valence-corrected chi connectivity index (χ4v) is 3.62. The maximum atomic E-state index is 12.6. The van der Waals surface area contributed by atoms with Crippen molar-refractivity contribution in [3.05, 3.63) is 88.9 Å². The highest BCUT2D eigenvalue weighted by Crippen LogP contribution is 2.30. The molecule has 0 fully saturated rings. The fourth-order valence-electron chi connectivity index (χ4n) is 3.62. The van der Waals surface area contributed by atoms with Crippen LogP contribution in [0.3, 0.4) is 0 Å². The van der Waals surface area contributed by atoms with Crippen LogP contribution in [0.1, 0.15) is 39.0 Å². The van der Waals surface area contributed by atoms with E-state index in [2.05, 4.69) is 5.32 Å². The van der Waals surface area contributed by atoms with Crippen LogP contribution in [0.25, 0.3) is 6.08 Å². The van der Waals surface area contributed by atoms with Gasteiger partial charge in [-0.2, -0.15) is 5.26 Å². The number of hydrogen-bond acceptors (Lipinski definition) is 8. The Morgan fingerprint density at radius 1 is 1.05 bits per heavy atom. The van der Waals surface area contributed by atoms with Crippen molar-refractivity contribution in [2.45, 2.75) is 13.5 Å². The van der Waals surface area contributed by atoms with Gasteiger partial charge in [-0.25, -0.2) is 4.79 Å². The molecule has 10 heteroatoms. The van der Waals surface area contributed by atoms with E-state index in [0.29, 0.717) is 11.3 Å². The lowest BCUT2D eigenvalue weighted by atomic mass is 10.1. The SMILES string of the molecule is CCOc1cc(/C=C(\C#N)C(=O)NCc2ccco2)ccc1OC(=O)CN1C(=O)c2ccccc2C1=O. The number of fused-ring (bicyclic) bond motifs is 1. The number of carbonyl (C=O) groups is 4. The molecule has 0 bridgehead atoms. The molecule has 3 aromatic rings. The third-order valence-corrected chi connectivity index (χ3v) is 5.34. The molecule has 0 aliphatic carbocycles. The third kappa shape index (κ3) is 5.57. The number of nitriles is 1. The summed E-state index contributed by atoms with van der Waals surface area (Å²) in [7, 11) is 0. The highest BCUT2D eigenvalue weighted by molar-refractivity contribution is 6.22. The minimum Gasteiger partial charge on any atom is -0.490 e. The Labute approximate surface area is 211 Å². The van der Waals surface area contributed by atoms with Crippen molar-refractivity contribution >= 4 is 29.8 Å². The van der Waals surface area contributed by atoms with E-state index < -0.39 is 30.2 Å². The van der Waals surface area contributed by atoms with Crippen LogP contribution in [0.2, 0.25) is 0 Å². The van der Waals surface area contributed by atoms with Crippen LogP contribution >= 0.6 is 0 Å². The van der Waals surface area contributed by atoms with Gasteiger partial charge >= 0.3 is 5.97 Å². The van der Waals surface area contributed by atoms with Crippen LogP contribution in [-0.2, 0) is 16.1 Å². The minimum atomic E-state index is -0.839. The molecule has 0 unspecified atom stereocenters. The average Bonchev–Trinajstić information content (AvgIpc) is 3.50. The molecule has 10 nitrogen and oxygen atoms in total. The molecule has 0 radical (unpaired) electrons. The van der Waals surface area contributed by atoms with Gasteiger partial charge in [-0.15, -0.1) is 0 Å². The number of benzene rings is 2. The summed E-state index contributed by atoms with van der Waals surface area (Å²) in [5.41, 5.74) is 0.763. The molecule has 1 aliphatic heterocycles. The van der Waals surface area contributed by atoms with Gasteiger partial charge in [-0.3, -0.25) is 19.3 Å². The molecule has 2 aromatic carbocycles. The first-order valence-corrected chi connectivity index (χ1v) is 11.3. The lowest BCUT2D eigenvalue weighted by Crippen LogP contribution is -2.36. The number of furan rings is 1. The molecule has 37 heavy (non-hydrogen) atoms. The number of ether oxygens (including phenoxy) is 2. The molecule has 186 valence electrons. The van der Waals surface area contributed by atoms with E-state index in [-0.39, 0.29) is 41.4 Å². The molecule has 3 amide bonds. The van der Waals surface area contributed by atoms with Gasteiger partial charge < -0.3 is 19.2 Å². The topological polar surface area (TPSA) is 139 Å². The average molecular weight is 499 g/mol. The molecular formula is C27H21N3O7. The molecule has 0 spiro atoms. The van der Waals surface area contributed by atoms with E-state index in [4.69, 9.17) is 13.9 Å². The van der Waals surface area contributed by atoms with Crippen molar-refractivity contribution < 1.29 is 33.1 Å². The van der Waals surface area contributed by atoms with Gasteiger partial charge in [0.05, 0.1) is 30.5 Å². The largest absolute Gasteiger partial charge is 0.490 e. The Hall–Kier alpha value is -5.17. The Kier molecular flexibility index (Phi) is 7.45.